The normalized spacial score (nSPS) is 10.5. The zero-order valence-electron chi connectivity index (χ0n) is 18.8. The first kappa shape index (κ1) is 22.7. The summed E-state index contributed by atoms with van der Waals surface area (Å²) < 4.78 is 17.8. The molecule has 0 unspecified atom stereocenters. The largest absolute Gasteiger partial charge is 0.493 e. The molecule has 0 saturated carbocycles. The van der Waals surface area contributed by atoms with Crippen LogP contribution in [-0.2, 0) is 20.2 Å². The first-order valence-corrected chi connectivity index (χ1v) is 10.5. The van der Waals surface area contributed by atoms with Crippen LogP contribution in [0.3, 0.4) is 0 Å². The Kier molecular flexibility index (Phi) is 6.92. The van der Waals surface area contributed by atoms with Gasteiger partial charge in [0.05, 0.1) is 31.8 Å². The molecule has 2 aromatic heterocycles. The minimum atomic E-state index is -0.384. The van der Waals surface area contributed by atoms with E-state index in [2.05, 4.69) is 15.7 Å². The van der Waals surface area contributed by atoms with Gasteiger partial charge in [0.2, 0.25) is 0 Å². The number of para-hydroxylation sites is 2. The highest BCUT2D eigenvalue weighted by molar-refractivity contribution is 6.08. The molecule has 0 aliphatic carbocycles. The van der Waals surface area contributed by atoms with Gasteiger partial charge in [-0.1, -0.05) is 24.3 Å². The van der Waals surface area contributed by atoms with Gasteiger partial charge in [0.25, 0.3) is 11.8 Å². The molecule has 174 valence electrons. The highest BCUT2D eigenvalue weighted by Crippen LogP contribution is 2.26. The van der Waals surface area contributed by atoms with Gasteiger partial charge in [-0.15, -0.1) is 0 Å². The smallest absolute Gasteiger partial charge is 0.272 e. The number of aryl methyl sites for hydroxylation is 1. The van der Waals surface area contributed by atoms with Crippen molar-refractivity contribution in [2.24, 2.45) is 7.05 Å². The van der Waals surface area contributed by atoms with Gasteiger partial charge in [0.15, 0.2) is 11.5 Å². The summed E-state index contributed by atoms with van der Waals surface area (Å²) in [6.45, 7) is 0.480. The fourth-order valence-corrected chi connectivity index (χ4v) is 3.36. The van der Waals surface area contributed by atoms with Crippen molar-refractivity contribution in [2.45, 2.75) is 13.2 Å². The van der Waals surface area contributed by atoms with Crippen LogP contribution in [0, 0.1) is 0 Å². The summed E-state index contributed by atoms with van der Waals surface area (Å²) in [4.78, 5) is 25.6. The Morgan fingerprint density at radius 1 is 1.03 bits per heavy atom. The number of furan rings is 1. The maximum Gasteiger partial charge on any atom is 0.272 e. The third-order valence-corrected chi connectivity index (χ3v) is 5.06. The zero-order valence-corrected chi connectivity index (χ0v) is 18.8. The van der Waals surface area contributed by atoms with Crippen LogP contribution in [0.4, 0.5) is 5.69 Å². The second-order valence-corrected chi connectivity index (χ2v) is 7.39. The van der Waals surface area contributed by atoms with Crippen molar-refractivity contribution in [3.05, 3.63) is 95.7 Å². The van der Waals surface area contributed by atoms with E-state index in [1.54, 1.807) is 44.5 Å². The summed E-state index contributed by atoms with van der Waals surface area (Å²) in [5, 5.41) is 9.65. The van der Waals surface area contributed by atoms with Crippen molar-refractivity contribution < 1.29 is 23.5 Å². The van der Waals surface area contributed by atoms with Crippen LogP contribution in [0.1, 0.15) is 32.2 Å². The number of benzene rings is 2. The maximum absolute atomic E-state index is 12.9. The first-order chi connectivity index (χ1) is 16.5. The third-order valence-electron chi connectivity index (χ3n) is 5.06. The molecular formula is C25H24N4O5. The van der Waals surface area contributed by atoms with E-state index < -0.39 is 0 Å². The molecule has 9 nitrogen and oxygen atoms in total. The van der Waals surface area contributed by atoms with Gasteiger partial charge in [-0.05, 0) is 42.0 Å². The van der Waals surface area contributed by atoms with E-state index in [1.807, 2.05) is 30.3 Å². The number of rotatable bonds is 9. The Bertz CT molecular complexity index is 1280. The number of methoxy groups -OCH3 is 1. The molecule has 4 aromatic rings. The van der Waals surface area contributed by atoms with Crippen molar-refractivity contribution >= 4 is 17.5 Å². The standard InChI is InChI=1S/C25H24N4O5/c1-29-23(25(31)26-14-19-9-6-12-33-19)20(15-27-29)28-24(30)18-8-5-7-17(13-18)16-34-22-11-4-3-10-21(22)32-2/h3-13,15H,14,16H2,1-2H3,(H,26,31)(H,28,30). The molecule has 9 heteroatoms. The number of anilines is 1. The highest BCUT2D eigenvalue weighted by Gasteiger charge is 2.19. The van der Waals surface area contributed by atoms with E-state index in [-0.39, 0.29) is 30.7 Å². The van der Waals surface area contributed by atoms with E-state index in [1.165, 1.54) is 17.1 Å². The van der Waals surface area contributed by atoms with Crippen LogP contribution in [0.2, 0.25) is 0 Å². The average molecular weight is 460 g/mol. The second-order valence-electron chi connectivity index (χ2n) is 7.39. The van der Waals surface area contributed by atoms with Crippen LogP contribution in [0.25, 0.3) is 0 Å². The molecule has 0 fully saturated rings. The molecule has 0 saturated heterocycles. The van der Waals surface area contributed by atoms with E-state index in [9.17, 15) is 9.59 Å². The average Bonchev–Trinajstić information content (AvgIpc) is 3.51. The summed E-state index contributed by atoms with van der Waals surface area (Å²) in [6, 6.07) is 17.9. The van der Waals surface area contributed by atoms with Crippen molar-refractivity contribution in [3.8, 4) is 11.5 Å². The Morgan fingerprint density at radius 2 is 1.85 bits per heavy atom. The number of hydrogen-bond acceptors (Lipinski definition) is 6. The monoisotopic (exact) mass is 460 g/mol. The topological polar surface area (TPSA) is 108 Å². The zero-order chi connectivity index (χ0) is 23.9. The van der Waals surface area contributed by atoms with Gasteiger partial charge >= 0.3 is 0 Å². The minimum Gasteiger partial charge on any atom is -0.493 e. The lowest BCUT2D eigenvalue weighted by atomic mass is 10.1. The molecule has 0 radical (unpaired) electrons. The van der Waals surface area contributed by atoms with Crippen LogP contribution in [-0.4, -0.2) is 28.7 Å². The van der Waals surface area contributed by atoms with E-state index in [0.717, 1.165) is 5.56 Å². The number of amides is 2. The molecule has 2 amide bonds. The fourth-order valence-electron chi connectivity index (χ4n) is 3.36. The molecule has 2 aromatic carbocycles. The molecule has 34 heavy (non-hydrogen) atoms. The highest BCUT2D eigenvalue weighted by atomic mass is 16.5. The number of hydrogen-bond donors (Lipinski definition) is 2. The predicted molar refractivity (Wildman–Crippen MR) is 125 cm³/mol. The fraction of sp³-hybridized carbons (Fsp3) is 0.160. The molecule has 0 atom stereocenters. The minimum absolute atomic E-state index is 0.221. The molecular weight excluding hydrogens is 436 g/mol. The number of nitrogens with zero attached hydrogens (tertiary/aromatic N) is 2. The van der Waals surface area contributed by atoms with Crippen molar-refractivity contribution in [3.63, 3.8) is 0 Å². The Morgan fingerprint density at radius 3 is 2.62 bits per heavy atom. The Labute approximate surface area is 196 Å². The number of ether oxygens (including phenoxy) is 2. The van der Waals surface area contributed by atoms with Crippen LogP contribution in [0.15, 0.2) is 77.5 Å². The first-order valence-electron chi connectivity index (χ1n) is 10.5. The van der Waals surface area contributed by atoms with Gasteiger partial charge in [-0.3, -0.25) is 14.3 Å². The van der Waals surface area contributed by atoms with E-state index in [0.29, 0.717) is 28.5 Å². The molecule has 4 rings (SSSR count). The lowest BCUT2D eigenvalue weighted by molar-refractivity contribution is 0.0939. The molecule has 0 aliphatic rings. The number of carbonyl (C=O) groups excluding carboxylic acids is 2. The Balaban J connectivity index is 1.42. The van der Waals surface area contributed by atoms with E-state index >= 15 is 0 Å². The number of nitrogens with one attached hydrogen (secondary N) is 2. The SMILES string of the molecule is COc1ccccc1OCc1cccc(C(=O)Nc2cnn(C)c2C(=O)NCc2ccco2)c1. The quantitative estimate of drug-likeness (QED) is 0.394. The predicted octanol–water partition coefficient (Wildman–Crippen LogP) is 3.78. The van der Waals surface area contributed by atoms with Crippen molar-refractivity contribution in [1.82, 2.24) is 15.1 Å². The molecule has 0 aliphatic heterocycles. The molecule has 2 heterocycles. The van der Waals surface area contributed by atoms with Crippen molar-refractivity contribution in [2.75, 3.05) is 12.4 Å². The van der Waals surface area contributed by atoms with Gasteiger partial charge in [0.1, 0.15) is 18.1 Å². The van der Waals surface area contributed by atoms with Crippen LogP contribution in [0.5, 0.6) is 11.5 Å². The summed E-state index contributed by atoms with van der Waals surface area (Å²) >= 11 is 0. The molecule has 0 bridgehead atoms. The van der Waals surface area contributed by atoms with Gasteiger partial charge < -0.3 is 24.5 Å². The van der Waals surface area contributed by atoms with Crippen LogP contribution < -0.4 is 20.1 Å². The summed E-state index contributed by atoms with van der Waals surface area (Å²) in [5.74, 6) is 1.11. The number of aromatic nitrogens is 2. The van der Waals surface area contributed by atoms with Crippen molar-refractivity contribution in [1.29, 1.82) is 0 Å². The lowest BCUT2D eigenvalue weighted by Crippen LogP contribution is -2.26. The lowest BCUT2D eigenvalue weighted by Gasteiger charge is -2.11. The van der Waals surface area contributed by atoms with Crippen LogP contribution >= 0.6 is 0 Å². The van der Waals surface area contributed by atoms with Gasteiger partial charge in [0, 0.05) is 12.6 Å². The van der Waals surface area contributed by atoms with E-state index in [4.69, 9.17) is 13.9 Å². The summed E-state index contributed by atoms with van der Waals surface area (Å²) in [5.41, 5.74) is 1.77. The number of carbonyl (C=O) groups is 2. The summed E-state index contributed by atoms with van der Waals surface area (Å²) in [6.07, 6.45) is 2.97. The molecule has 0 spiro atoms. The van der Waals surface area contributed by atoms with Gasteiger partial charge in [-0.25, -0.2) is 0 Å². The van der Waals surface area contributed by atoms with Gasteiger partial charge in [-0.2, -0.15) is 5.10 Å². The maximum atomic E-state index is 12.9. The Hall–Kier alpha value is -4.53. The molecule has 2 N–H and O–H groups in total. The second kappa shape index (κ2) is 10.4. The third kappa shape index (κ3) is 5.26. The summed E-state index contributed by atoms with van der Waals surface area (Å²) in [7, 11) is 3.21.